The number of benzene rings is 7. The lowest BCUT2D eigenvalue weighted by molar-refractivity contribution is 0.332. The van der Waals surface area contributed by atoms with Crippen molar-refractivity contribution in [2.24, 2.45) is 0 Å². The predicted octanol–water partition coefficient (Wildman–Crippen LogP) is 17.8. The van der Waals surface area contributed by atoms with Crippen molar-refractivity contribution in [3.8, 4) is 22.3 Å². The van der Waals surface area contributed by atoms with Gasteiger partial charge in [0.15, 0.2) is 0 Å². The van der Waals surface area contributed by atoms with Gasteiger partial charge in [-0.25, -0.2) is 0 Å². The molecule has 2 nitrogen and oxygen atoms in total. The molecule has 0 atom stereocenters. The van der Waals surface area contributed by atoms with Gasteiger partial charge in [-0.05, 0) is 172 Å². The van der Waals surface area contributed by atoms with Crippen LogP contribution in [0.1, 0.15) is 182 Å². The van der Waals surface area contributed by atoms with E-state index in [2.05, 4.69) is 268 Å². The van der Waals surface area contributed by atoms with E-state index in [4.69, 9.17) is 0 Å². The zero-order valence-electron chi connectivity index (χ0n) is 47.2. The van der Waals surface area contributed by atoms with E-state index in [0.29, 0.717) is 5.92 Å². The zero-order chi connectivity index (χ0) is 51.8. The maximum absolute atomic E-state index is 2.72. The summed E-state index contributed by atoms with van der Waals surface area (Å²) in [6.45, 7) is 42.7. The van der Waals surface area contributed by atoms with Crippen molar-refractivity contribution in [2.75, 3.05) is 9.80 Å². The molecule has 0 bridgehead atoms. The van der Waals surface area contributed by atoms with Crippen LogP contribution in [0.2, 0.25) is 0 Å². The van der Waals surface area contributed by atoms with Gasteiger partial charge in [-0.15, -0.1) is 0 Å². The van der Waals surface area contributed by atoms with Gasteiger partial charge < -0.3 is 9.80 Å². The first kappa shape index (κ1) is 49.8. The predicted molar refractivity (Wildman–Crippen MR) is 316 cm³/mol. The molecule has 10 rings (SSSR count). The van der Waals surface area contributed by atoms with Crippen LogP contribution in [-0.2, 0) is 32.5 Å². The summed E-state index contributed by atoms with van der Waals surface area (Å²) in [5.41, 5.74) is 26.5. The Morgan fingerprint density at radius 3 is 1.46 bits per heavy atom. The van der Waals surface area contributed by atoms with Gasteiger partial charge in [0.05, 0.1) is 5.69 Å². The topological polar surface area (TPSA) is 6.48 Å². The Morgan fingerprint density at radius 1 is 0.417 bits per heavy atom. The van der Waals surface area contributed by atoms with Crippen molar-refractivity contribution >= 4 is 57.2 Å². The van der Waals surface area contributed by atoms with Crippen molar-refractivity contribution < 1.29 is 0 Å². The molecule has 0 fully saturated rings. The van der Waals surface area contributed by atoms with E-state index in [1.807, 2.05) is 0 Å². The monoisotopic (exact) mass is 949 g/mol. The fourth-order valence-electron chi connectivity index (χ4n) is 12.0. The number of hydrogen-bond acceptors (Lipinski definition) is 2. The van der Waals surface area contributed by atoms with Crippen molar-refractivity contribution in [1.29, 1.82) is 0 Å². The molecule has 0 N–H and O–H groups in total. The number of anilines is 6. The van der Waals surface area contributed by atoms with E-state index in [1.165, 1.54) is 118 Å². The number of nitrogens with zero attached hydrogens (tertiary/aromatic N) is 2. The van der Waals surface area contributed by atoms with Gasteiger partial charge in [-0.3, -0.25) is 0 Å². The molecule has 0 amide bonds. The Labute approximate surface area is 435 Å². The smallest absolute Gasteiger partial charge is 0.252 e. The Kier molecular flexibility index (Phi) is 11.7. The first-order chi connectivity index (χ1) is 33.5. The van der Waals surface area contributed by atoms with Crippen molar-refractivity contribution in [2.45, 2.75) is 176 Å². The quantitative estimate of drug-likeness (QED) is 0.159. The highest BCUT2D eigenvalue weighted by Gasteiger charge is 2.47. The number of hydrogen-bond donors (Lipinski definition) is 0. The molecule has 0 radical (unpaired) electrons. The summed E-state index contributed by atoms with van der Waals surface area (Å²) in [6, 6.07) is 53.3. The summed E-state index contributed by atoms with van der Waals surface area (Å²) in [7, 11) is 0. The molecule has 0 spiro atoms. The van der Waals surface area contributed by atoms with Gasteiger partial charge in [0.2, 0.25) is 0 Å². The van der Waals surface area contributed by atoms with E-state index < -0.39 is 0 Å². The van der Waals surface area contributed by atoms with E-state index in [-0.39, 0.29) is 39.2 Å². The van der Waals surface area contributed by atoms with Crippen molar-refractivity contribution in [1.82, 2.24) is 0 Å². The van der Waals surface area contributed by atoms with Crippen LogP contribution in [0.25, 0.3) is 22.3 Å². The van der Waals surface area contributed by atoms with Gasteiger partial charge in [0.1, 0.15) is 0 Å². The third kappa shape index (κ3) is 8.55. The highest BCUT2D eigenvalue weighted by Crippen LogP contribution is 2.53. The molecule has 7 aromatic carbocycles. The number of rotatable bonds is 5. The fourth-order valence-corrected chi connectivity index (χ4v) is 12.0. The van der Waals surface area contributed by atoms with Crippen LogP contribution in [-0.4, -0.2) is 6.71 Å². The summed E-state index contributed by atoms with van der Waals surface area (Å²) in [6.07, 6.45) is 2.32. The Hall–Kier alpha value is -5.80. The highest BCUT2D eigenvalue weighted by atomic mass is 15.2. The van der Waals surface area contributed by atoms with Crippen LogP contribution >= 0.6 is 0 Å². The highest BCUT2D eigenvalue weighted by molar-refractivity contribution is 7.00. The molecule has 370 valence electrons. The van der Waals surface area contributed by atoms with Crippen LogP contribution in [0.4, 0.5) is 34.1 Å². The molecule has 1 aliphatic carbocycles. The molecular weight excluding hydrogens is 868 g/mol. The van der Waals surface area contributed by atoms with Crippen molar-refractivity contribution in [3.63, 3.8) is 0 Å². The molecule has 72 heavy (non-hydrogen) atoms. The van der Waals surface area contributed by atoms with Gasteiger partial charge in [-0.1, -0.05) is 210 Å². The van der Waals surface area contributed by atoms with Gasteiger partial charge in [0.25, 0.3) is 6.71 Å². The summed E-state index contributed by atoms with van der Waals surface area (Å²) < 4.78 is 0. The molecule has 0 unspecified atom stereocenters. The Morgan fingerprint density at radius 2 is 0.889 bits per heavy atom. The van der Waals surface area contributed by atoms with Crippen LogP contribution in [0.15, 0.2) is 133 Å². The molecule has 0 saturated carbocycles. The molecule has 3 aliphatic rings. The second-order valence-corrected chi connectivity index (χ2v) is 27.7. The van der Waals surface area contributed by atoms with Crippen LogP contribution in [0.5, 0.6) is 0 Å². The van der Waals surface area contributed by atoms with Crippen molar-refractivity contribution in [3.05, 3.63) is 172 Å². The van der Waals surface area contributed by atoms with Gasteiger partial charge in [-0.2, -0.15) is 0 Å². The Bertz CT molecular complexity index is 3240. The molecule has 0 aromatic heterocycles. The lowest BCUT2D eigenvalue weighted by atomic mass is 9.33. The van der Waals surface area contributed by atoms with E-state index in [9.17, 15) is 0 Å². The third-order valence-corrected chi connectivity index (χ3v) is 17.0. The van der Waals surface area contributed by atoms with Crippen LogP contribution in [0.3, 0.4) is 0 Å². The molecule has 2 aliphatic heterocycles. The first-order valence-corrected chi connectivity index (χ1v) is 27.1. The summed E-state index contributed by atoms with van der Waals surface area (Å²) in [5.74, 6) is 0.300. The molecule has 3 heteroatoms. The average Bonchev–Trinajstić information content (AvgIpc) is 3.31. The van der Waals surface area contributed by atoms with E-state index >= 15 is 0 Å². The maximum Gasteiger partial charge on any atom is 0.252 e. The van der Waals surface area contributed by atoms with Gasteiger partial charge in [0, 0.05) is 34.0 Å². The SMILES string of the molecule is CC(C)c1cc2c3c(c1)N(c1ccc(C(C)(C)C)cc1-c1ccc(-c4ccc(C(C)(C)C)cc4)cc1)c1cc4c(cc1B3c1ccc(C(C)(C)C)cc1N2c1cccc(C(C)(C)C)c1)C(C)(C)CCC4(C)C. The van der Waals surface area contributed by atoms with E-state index in [1.54, 1.807) is 0 Å². The summed E-state index contributed by atoms with van der Waals surface area (Å²) >= 11 is 0. The minimum absolute atomic E-state index is 0.0102. The van der Waals surface area contributed by atoms with E-state index in [0.717, 1.165) is 6.42 Å². The molecule has 7 aromatic rings. The normalized spacial score (nSPS) is 16.1. The largest absolute Gasteiger partial charge is 0.311 e. The van der Waals surface area contributed by atoms with Crippen LogP contribution < -0.4 is 26.2 Å². The second-order valence-electron chi connectivity index (χ2n) is 27.7. The molecule has 0 saturated heterocycles. The van der Waals surface area contributed by atoms with Crippen LogP contribution in [0, 0.1) is 0 Å². The first-order valence-electron chi connectivity index (χ1n) is 27.1. The standard InChI is InChI=1S/C69H81BN2/c1-43(2)47-36-61-63-62(37-47)72(58-33-31-50(66(9,10)11)39-53(58)46-24-22-44(23-25-46)45-26-28-48(29-27-45)64(3,4)5)60-42-55-54(68(15,16)34-35-69(55,17)18)41-57(60)70(63)56-32-30-51(67(12,13)14)40-59(56)71(61)52-21-19-20-49(38-52)65(6,7)8/h19-33,36-43H,34-35H2,1-18H3. The zero-order valence-corrected chi connectivity index (χ0v) is 47.2. The maximum atomic E-state index is 2.72. The fraction of sp³-hybridized carbons (Fsp3) is 0.391. The average molecular weight is 949 g/mol. The lowest BCUT2D eigenvalue weighted by Crippen LogP contribution is -2.62. The minimum Gasteiger partial charge on any atom is -0.311 e. The summed E-state index contributed by atoms with van der Waals surface area (Å²) in [4.78, 5) is 5.36. The summed E-state index contributed by atoms with van der Waals surface area (Å²) in [5, 5.41) is 0. The Balaban J connectivity index is 1.30. The minimum atomic E-state index is -0.0456. The van der Waals surface area contributed by atoms with Gasteiger partial charge >= 0.3 is 0 Å². The third-order valence-electron chi connectivity index (χ3n) is 17.0. The molecular formula is C69H81BN2. The number of fused-ring (bicyclic) bond motifs is 5. The lowest BCUT2D eigenvalue weighted by Gasteiger charge is -2.48. The molecule has 2 heterocycles. The second kappa shape index (κ2) is 16.9.